The SMILES string of the molecule is C1CCC(OC2CCCCO2)OC1.Cc1c(N)cccc1CO. The number of rotatable bonds is 3. The predicted molar refractivity (Wildman–Crippen MR) is 89.8 cm³/mol. The van der Waals surface area contributed by atoms with Crippen molar-refractivity contribution in [2.24, 2.45) is 0 Å². The first kappa shape index (κ1) is 18.2. The lowest BCUT2D eigenvalue weighted by molar-refractivity contribution is -0.264. The number of nitrogens with two attached hydrogens (primary N) is 1. The highest BCUT2D eigenvalue weighted by atomic mass is 16.8. The largest absolute Gasteiger partial charge is 0.399 e. The molecule has 3 rings (SSSR count). The lowest BCUT2D eigenvalue weighted by Gasteiger charge is -2.29. The van der Waals surface area contributed by atoms with Gasteiger partial charge in [0.1, 0.15) is 0 Å². The van der Waals surface area contributed by atoms with Crippen LogP contribution >= 0.6 is 0 Å². The molecule has 0 spiro atoms. The minimum Gasteiger partial charge on any atom is -0.399 e. The zero-order chi connectivity index (χ0) is 16.5. The van der Waals surface area contributed by atoms with Crippen molar-refractivity contribution in [2.75, 3.05) is 18.9 Å². The molecule has 2 aliphatic rings. The van der Waals surface area contributed by atoms with Gasteiger partial charge in [-0.05, 0) is 62.6 Å². The van der Waals surface area contributed by atoms with Gasteiger partial charge in [0.25, 0.3) is 0 Å². The van der Waals surface area contributed by atoms with Crippen molar-refractivity contribution >= 4 is 5.69 Å². The number of ether oxygens (including phenoxy) is 3. The van der Waals surface area contributed by atoms with Gasteiger partial charge in [-0.15, -0.1) is 0 Å². The maximum Gasteiger partial charge on any atom is 0.160 e. The fourth-order valence-electron chi connectivity index (χ4n) is 2.68. The van der Waals surface area contributed by atoms with Gasteiger partial charge in [-0.3, -0.25) is 0 Å². The minimum atomic E-state index is -0.00292. The van der Waals surface area contributed by atoms with E-state index >= 15 is 0 Å². The Morgan fingerprint density at radius 3 is 2.13 bits per heavy atom. The summed E-state index contributed by atoms with van der Waals surface area (Å²) in [6.07, 6.45) is 6.83. The van der Waals surface area contributed by atoms with E-state index < -0.39 is 0 Å². The van der Waals surface area contributed by atoms with Crippen molar-refractivity contribution in [3.63, 3.8) is 0 Å². The highest BCUT2D eigenvalue weighted by Gasteiger charge is 2.21. The van der Waals surface area contributed by atoms with Crippen molar-refractivity contribution in [3.05, 3.63) is 29.3 Å². The molecule has 3 N–H and O–H groups in total. The standard InChI is InChI=1S/C10H18O3.C8H11NO/c1-3-7-11-9(5-1)13-10-6-2-4-8-12-10;1-6-7(5-10)3-2-4-8(6)9/h9-10H,1-8H2;2-4,10H,5,9H2,1H3. The number of benzene rings is 1. The van der Waals surface area contributed by atoms with Crippen molar-refractivity contribution in [1.82, 2.24) is 0 Å². The molecule has 0 aliphatic carbocycles. The second-order valence-corrected chi connectivity index (χ2v) is 6.02. The van der Waals surface area contributed by atoms with Crippen molar-refractivity contribution in [1.29, 1.82) is 0 Å². The summed E-state index contributed by atoms with van der Waals surface area (Å²) in [6.45, 7) is 3.66. The monoisotopic (exact) mass is 323 g/mol. The van der Waals surface area contributed by atoms with E-state index in [4.69, 9.17) is 25.1 Å². The number of aliphatic hydroxyl groups excluding tert-OH is 1. The van der Waals surface area contributed by atoms with Crippen LogP contribution in [0.4, 0.5) is 5.69 Å². The number of nitrogen functional groups attached to an aromatic ring is 1. The topological polar surface area (TPSA) is 73.9 Å². The Balaban J connectivity index is 0.000000174. The molecule has 2 aliphatic heterocycles. The molecule has 2 heterocycles. The molecule has 2 atom stereocenters. The summed E-state index contributed by atoms with van der Waals surface area (Å²) in [4.78, 5) is 0. The molecule has 2 saturated heterocycles. The van der Waals surface area contributed by atoms with Crippen LogP contribution in [-0.4, -0.2) is 30.9 Å². The summed E-state index contributed by atoms with van der Waals surface area (Å²) in [5.74, 6) is 0. The molecule has 0 bridgehead atoms. The van der Waals surface area contributed by atoms with E-state index in [0.717, 1.165) is 42.9 Å². The van der Waals surface area contributed by atoms with Crippen molar-refractivity contribution < 1.29 is 19.3 Å². The summed E-state index contributed by atoms with van der Waals surface area (Å²) in [7, 11) is 0. The lowest BCUT2D eigenvalue weighted by Crippen LogP contribution is -2.31. The normalized spacial score (nSPS) is 24.6. The van der Waals surface area contributed by atoms with E-state index in [-0.39, 0.29) is 19.2 Å². The van der Waals surface area contributed by atoms with E-state index in [1.165, 1.54) is 25.7 Å². The molecule has 0 saturated carbocycles. The molecule has 0 aromatic heterocycles. The zero-order valence-electron chi connectivity index (χ0n) is 14.0. The van der Waals surface area contributed by atoms with Crippen LogP contribution in [0.5, 0.6) is 0 Å². The highest BCUT2D eigenvalue weighted by Crippen LogP contribution is 2.20. The Bertz CT molecular complexity index is 438. The molecule has 0 amide bonds. The molecule has 0 radical (unpaired) electrons. The van der Waals surface area contributed by atoms with Crippen LogP contribution in [0, 0.1) is 6.92 Å². The molecule has 23 heavy (non-hydrogen) atoms. The average molecular weight is 323 g/mol. The summed E-state index contributed by atoms with van der Waals surface area (Å²) < 4.78 is 16.6. The average Bonchev–Trinajstić information content (AvgIpc) is 2.60. The van der Waals surface area contributed by atoms with Crippen LogP contribution in [0.15, 0.2) is 18.2 Å². The van der Waals surface area contributed by atoms with Gasteiger partial charge in [0, 0.05) is 18.9 Å². The molecular formula is C18H29NO4. The maximum absolute atomic E-state index is 8.79. The number of aliphatic hydroxyl groups is 1. The summed E-state index contributed by atoms with van der Waals surface area (Å²) in [5.41, 5.74) is 8.21. The Hall–Kier alpha value is -1.14. The summed E-state index contributed by atoms with van der Waals surface area (Å²) in [6, 6.07) is 5.54. The van der Waals surface area contributed by atoms with Crippen molar-refractivity contribution in [3.8, 4) is 0 Å². The van der Waals surface area contributed by atoms with E-state index in [2.05, 4.69) is 0 Å². The van der Waals surface area contributed by atoms with Gasteiger partial charge in [-0.1, -0.05) is 12.1 Å². The Morgan fingerprint density at radius 2 is 1.70 bits per heavy atom. The van der Waals surface area contributed by atoms with Gasteiger partial charge in [0.05, 0.1) is 6.61 Å². The van der Waals surface area contributed by atoms with Gasteiger partial charge in [0.15, 0.2) is 12.6 Å². The number of hydrogen-bond acceptors (Lipinski definition) is 5. The van der Waals surface area contributed by atoms with Crippen LogP contribution in [0.3, 0.4) is 0 Å². The van der Waals surface area contributed by atoms with Gasteiger partial charge in [0.2, 0.25) is 0 Å². The number of anilines is 1. The second kappa shape index (κ2) is 9.88. The number of hydrogen-bond donors (Lipinski definition) is 2. The van der Waals surface area contributed by atoms with Gasteiger partial charge in [-0.2, -0.15) is 0 Å². The third kappa shape index (κ3) is 6.11. The fraction of sp³-hybridized carbons (Fsp3) is 0.667. The first-order valence-electron chi connectivity index (χ1n) is 8.54. The van der Waals surface area contributed by atoms with Gasteiger partial charge >= 0.3 is 0 Å². The summed E-state index contributed by atoms with van der Waals surface area (Å²) in [5, 5.41) is 8.79. The van der Waals surface area contributed by atoms with E-state index in [1.807, 2.05) is 25.1 Å². The second-order valence-electron chi connectivity index (χ2n) is 6.02. The van der Waals surface area contributed by atoms with E-state index in [0.29, 0.717) is 0 Å². The molecule has 1 aromatic carbocycles. The zero-order valence-corrected chi connectivity index (χ0v) is 14.0. The first-order valence-corrected chi connectivity index (χ1v) is 8.54. The molecule has 5 heteroatoms. The fourth-order valence-corrected chi connectivity index (χ4v) is 2.68. The van der Waals surface area contributed by atoms with Crippen LogP contribution < -0.4 is 5.73 Å². The maximum atomic E-state index is 8.79. The van der Waals surface area contributed by atoms with Gasteiger partial charge in [-0.25, -0.2) is 0 Å². The van der Waals surface area contributed by atoms with Gasteiger partial charge < -0.3 is 25.1 Å². The Morgan fingerprint density at radius 1 is 1.09 bits per heavy atom. The van der Waals surface area contributed by atoms with Crippen LogP contribution in [0.1, 0.15) is 49.7 Å². The van der Waals surface area contributed by atoms with Crippen LogP contribution in [-0.2, 0) is 20.8 Å². The van der Waals surface area contributed by atoms with Crippen LogP contribution in [0.25, 0.3) is 0 Å². The Labute approximate surface area is 138 Å². The summed E-state index contributed by atoms with van der Waals surface area (Å²) >= 11 is 0. The minimum absolute atomic E-state index is 0.00292. The quantitative estimate of drug-likeness (QED) is 0.836. The molecular weight excluding hydrogens is 294 g/mol. The smallest absolute Gasteiger partial charge is 0.160 e. The third-order valence-electron chi connectivity index (χ3n) is 4.24. The molecule has 5 nitrogen and oxygen atoms in total. The highest BCUT2D eigenvalue weighted by molar-refractivity contribution is 5.49. The van der Waals surface area contributed by atoms with E-state index in [1.54, 1.807) is 0 Å². The van der Waals surface area contributed by atoms with Crippen LogP contribution in [0.2, 0.25) is 0 Å². The lowest BCUT2D eigenvalue weighted by atomic mass is 10.1. The molecule has 2 fully saturated rings. The molecule has 2 unspecified atom stereocenters. The predicted octanol–water partition coefficient (Wildman–Crippen LogP) is 3.13. The third-order valence-corrected chi connectivity index (χ3v) is 4.24. The Kier molecular flexibility index (Phi) is 7.82. The first-order chi connectivity index (χ1) is 11.2. The molecule has 130 valence electrons. The van der Waals surface area contributed by atoms with Crippen molar-refractivity contribution in [2.45, 2.75) is 64.6 Å². The van der Waals surface area contributed by atoms with E-state index in [9.17, 15) is 0 Å². The molecule has 1 aromatic rings.